The molecule has 16 heavy (non-hydrogen) atoms. The fourth-order valence-corrected chi connectivity index (χ4v) is 1.93. The third kappa shape index (κ3) is 2.10. The molecule has 2 rings (SSSR count). The Morgan fingerprint density at radius 3 is 2.56 bits per heavy atom. The normalized spacial score (nSPS) is 11.6. The number of hydrogen-bond acceptors (Lipinski definition) is 4. The lowest BCUT2D eigenvalue weighted by Crippen LogP contribution is -1.95. The third-order valence-electron chi connectivity index (χ3n) is 1.94. The van der Waals surface area contributed by atoms with E-state index in [-0.39, 0.29) is 5.22 Å². The van der Waals surface area contributed by atoms with Crippen molar-refractivity contribution < 1.29 is 12.8 Å². The van der Waals surface area contributed by atoms with E-state index < -0.39 is 9.84 Å². The van der Waals surface area contributed by atoms with Crippen LogP contribution >= 0.6 is 11.6 Å². The van der Waals surface area contributed by atoms with Gasteiger partial charge in [-0.25, -0.2) is 13.4 Å². The van der Waals surface area contributed by atoms with Crippen LogP contribution in [0.5, 0.6) is 0 Å². The second kappa shape index (κ2) is 3.92. The van der Waals surface area contributed by atoms with Crippen LogP contribution in [0.1, 0.15) is 0 Å². The minimum absolute atomic E-state index is 0.303. The van der Waals surface area contributed by atoms with Crippen molar-refractivity contribution in [3.05, 3.63) is 35.5 Å². The Kier molecular flexibility index (Phi) is 2.73. The molecule has 0 atom stereocenters. The molecule has 1 aromatic carbocycles. The summed E-state index contributed by atoms with van der Waals surface area (Å²) in [4.78, 5) is 3.69. The van der Waals surface area contributed by atoms with E-state index in [1.54, 1.807) is 24.3 Å². The van der Waals surface area contributed by atoms with Gasteiger partial charge in [0.1, 0.15) is 0 Å². The lowest BCUT2D eigenvalue weighted by molar-refractivity contribution is 0.442. The van der Waals surface area contributed by atoms with E-state index in [0.29, 0.717) is 16.3 Å². The zero-order valence-electron chi connectivity index (χ0n) is 8.34. The van der Waals surface area contributed by atoms with Crippen LogP contribution < -0.4 is 0 Å². The van der Waals surface area contributed by atoms with E-state index in [1.165, 1.54) is 6.20 Å². The molecule has 0 unspecified atom stereocenters. The summed E-state index contributed by atoms with van der Waals surface area (Å²) in [5, 5.41) is 0.182. The van der Waals surface area contributed by atoms with Gasteiger partial charge in [0.15, 0.2) is 5.76 Å². The predicted octanol–water partition coefficient (Wildman–Crippen LogP) is 2.40. The van der Waals surface area contributed by atoms with Crippen molar-refractivity contribution in [1.29, 1.82) is 0 Å². The number of rotatable bonds is 2. The summed E-state index contributed by atoms with van der Waals surface area (Å²) >= 11 is 5.95. The van der Waals surface area contributed by atoms with Gasteiger partial charge in [0.05, 0.1) is 11.2 Å². The largest absolute Gasteiger partial charge is 0.428 e. The zero-order chi connectivity index (χ0) is 11.8. The molecule has 0 aliphatic heterocycles. The molecule has 0 saturated carbocycles. The molecule has 0 bridgehead atoms. The molecule has 0 fully saturated rings. The average molecular weight is 258 g/mol. The molecule has 0 amide bonds. The fraction of sp³-hybridized carbons (Fsp3) is 0.100. The summed E-state index contributed by atoms with van der Waals surface area (Å²) in [6.45, 7) is 0. The molecule has 0 aliphatic rings. The van der Waals surface area contributed by atoms with Gasteiger partial charge in [-0.15, -0.1) is 0 Å². The molecule has 0 spiro atoms. The van der Waals surface area contributed by atoms with Crippen LogP contribution in [0, 0.1) is 0 Å². The van der Waals surface area contributed by atoms with Gasteiger partial charge in [-0.1, -0.05) is 23.7 Å². The molecule has 0 saturated heterocycles. The molecule has 4 nitrogen and oxygen atoms in total. The van der Waals surface area contributed by atoms with Crippen LogP contribution in [0.4, 0.5) is 0 Å². The fourth-order valence-electron chi connectivity index (χ4n) is 1.22. The second-order valence-corrected chi connectivity index (χ2v) is 5.54. The topological polar surface area (TPSA) is 60.2 Å². The molecule has 0 radical (unpaired) electrons. The average Bonchev–Trinajstić information content (AvgIpc) is 2.66. The number of benzene rings is 1. The maximum atomic E-state index is 11.2. The molecule has 84 valence electrons. The predicted molar refractivity (Wildman–Crippen MR) is 60.1 cm³/mol. The van der Waals surface area contributed by atoms with Crippen LogP contribution in [0.2, 0.25) is 5.02 Å². The van der Waals surface area contributed by atoms with Crippen molar-refractivity contribution in [2.75, 3.05) is 6.26 Å². The van der Waals surface area contributed by atoms with Crippen LogP contribution in [0.15, 0.2) is 40.1 Å². The Morgan fingerprint density at radius 1 is 1.31 bits per heavy atom. The van der Waals surface area contributed by atoms with Crippen molar-refractivity contribution >= 4 is 21.4 Å². The molecular weight excluding hydrogens is 250 g/mol. The van der Waals surface area contributed by atoms with Crippen LogP contribution in [0.25, 0.3) is 11.3 Å². The van der Waals surface area contributed by atoms with Gasteiger partial charge in [0.2, 0.25) is 9.84 Å². The van der Waals surface area contributed by atoms with Gasteiger partial charge >= 0.3 is 5.22 Å². The SMILES string of the molecule is CS(=O)(=O)c1ncc(-c2ccccc2Cl)o1. The highest BCUT2D eigenvalue weighted by atomic mass is 35.5. The standard InChI is InChI=1S/C10H8ClNO3S/c1-16(13,14)10-12-6-9(15-10)7-4-2-3-5-8(7)11/h2-6H,1H3. The first-order chi connectivity index (χ1) is 7.48. The second-order valence-electron chi connectivity index (χ2n) is 3.24. The Labute approximate surface area is 97.8 Å². The van der Waals surface area contributed by atoms with Crippen LogP contribution in [-0.2, 0) is 9.84 Å². The van der Waals surface area contributed by atoms with Gasteiger partial charge in [-0.3, -0.25) is 0 Å². The Bertz CT molecular complexity index is 618. The molecule has 0 N–H and O–H groups in total. The highest BCUT2D eigenvalue weighted by Gasteiger charge is 2.16. The first-order valence-electron chi connectivity index (χ1n) is 4.39. The molecule has 2 aromatic rings. The van der Waals surface area contributed by atoms with Gasteiger partial charge in [0.25, 0.3) is 0 Å². The minimum Gasteiger partial charge on any atom is -0.428 e. The lowest BCUT2D eigenvalue weighted by Gasteiger charge is -1.98. The summed E-state index contributed by atoms with van der Waals surface area (Å²) in [6, 6.07) is 6.98. The summed E-state index contributed by atoms with van der Waals surface area (Å²) in [6.07, 6.45) is 2.38. The van der Waals surface area contributed by atoms with E-state index in [2.05, 4.69) is 4.98 Å². The van der Waals surface area contributed by atoms with Crippen LogP contribution in [-0.4, -0.2) is 19.7 Å². The summed E-state index contributed by atoms with van der Waals surface area (Å²) in [7, 11) is -3.42. The van der Waals surface area contributed by atoms with Crippen molar-refractivity contribution in [1.82, 2.24) is 4.98 Å². The van der Waals surface area contributed by atoms with E-state index >= 15 is 0 Å². The van der Waals surface area contributed by atoms with Gasteiger partial charge in [0, 0.05) is 11.8 Å². The maximum absolute atomic E-state index is 11.2. The van der Waals surface area contributed by atoms with Crippen molar-refractivity contribution in [2.45, 2.75) is 5.22 Å². The number of halogens is 1. The van der Waals surface area contributed by atoms with E-state index in [1.807, 2.05) is 0 Å². The number of aromatic nitrogens is 1. The Morgan fingerprint density at radius 2 is 2.00 bits per heavy atom. The lowest BCUT2D eigenvalue weighted by atomic mass is 10.2. The van der Waals surface area contributed by atoms with E-state index in [9.17, 15) is 8.42 Å². The molecule has 6 heteroatoms. The van der Waals surface area contributed by atoms with Crippen molar-refractivity contribution in [3.8, 4) is 11.3 Å². The van der Waals surface area contributed by atoms with Gasteiger partial charge in [-0.05, 0) is 12.1 Å². The summed E-state index contributed by atoms with van der Waals surface area (Å²) < 4.78 is 27.5. The number of nitrogens with zero attached hydrogens (tertiary/aromatic N) is 1. The number of oxazole rings is 1. The molecule has 1 heterocycles. The first kappa shape index (κ1) is 11.2. The van der Waals surface area contributed by atoms with E-state index in [4.69, 9.17) is 16.0 Å². The molecule has 0 aliphatic carbocycles. The third-order valence-corrected chi connectivity index (χ3v) is 3.09. The summed E-state index contributed by atoms with van der Waals surface area (Å²) in [5.74, 6) is 0.339. The van der Waals surface area contributed by atoms with E-state index in [0.717, 1.165) is 6.26 Å². The highest BCUT2D eigenvalue weighted by Crippen LogP contribution is 2.28. The van der Waals surface area contributed by atoms with Crippen molar-refractivity contribution in [3.63, 3.8) is 0 Å². The zero-order valence-corrected chi connectivity index (χ0v) is 9.92. The molecule has 1 aromatic heterocycles. The smallest absolute Gasteiger partial charge is 0.315 e. The Hall–Kier alpha value is -1.33. The monoisotopic (exact) mass is 257 g/mol. The quantitative estimate of drug-likeness (QED) is 0.829. The number of hydrogen-bond donors (Lipinski definition) is 0. The van der Waals surface area contributed by atoms with Gasteiger partial charge < -0.3 is 4.42 Å². The van der Waals surface area contributed by atoms with Crippen molar-refractivity contribution in [2.24, 2.45) is 0 Å². The summed E-state index contributed by atoms with van der Waals surface area (Å²) in [5.41, 5.74) is 0.617. The minimum atomic E-state index is -3.42. The van der Waals surface area contributed by atoms with Gasteiger partial charge in [-0.2, -0.15) is 0 Å². The maximum Gasteiger partial charge on any atom is 0.315 e. The first-order valence-corrected chi connectivity index (χ1v) is 6.66. The van der Waals surface area contributed by atoms with Crippen LogP contribution in [0.3, 0.4) is 0 Å². The molecular formula is C10H8ClNO3S. The highest BCUT2D eigenvalue weighted by molar-refractivity contribution is 7.90. The Balaban J connectivity index is 2.52. The number of sulfone groups is 1.